The lowest BCUT2D eigenvalue weighted by Gasteiger charge is -2.34. The van der Waals surface area contributed by atoms with Crippen molar-refractivity contribution in [3.05, 3.63) is 29.1 Å². The number of rotatable bonds is 2. The molecule has 0 radical (unpaired) electrons. The maximum absolute atomic E-state index is 13.1. The topological polar surface area (TPSA) is 127 Å². The van der Waals surface area contributed by atoms with Gasteiger partial charge in [0.15, 0.2) is 0 Å². The maximum Gasteiger partial charge on any atom is 0.309 e. The normalized spacial score (nSPS) is 32.1. The molecule has 0 aromatic carbocycles. The largest absolute Gasteiger partial charge is 0.457 e. The van der Waals surface area contributed by atoms with E-state index in [0.29, 0.717) is 25.2 Å². The van der Waals surface area contributed by atoms with Crippen molar-refractivity contribution in [2.24, 2.45) is 24.3 Å². The summed E-state index contributed by atoms with van der Waals surface area (Å²) in [5.74, 6) is -1.73. The van der Waals surface area contributed by atoms with Crippen molar-refractivity contribution in [2.75, 3.05) is 13.1 Å². The standard InChI is InChI=1S/C25H40N4O5/c1-15-8-9-20(16(2)10-19-14-27-29(7)28-19)34-22(31)11-21(30)25(5,6)24(33)18(4)23(32)17(3)13-26-12-15/h8,10,14,17-18,20-21,23,26,30,32H,9,11-13H2,1-7H3/b15-8-,16-10+/t17-,18-,20?,21-,23-/m0/s1. The van der Waals surface area contributed by atoms with Gasteiger partial charge in [-0.15, -0.1) is 0 Å². The van der Waals surface area contributed by atoms with E-state index in [4.69, 9.17) is 4.74 Å². The maximum atomic E-state index is 13.1. The fourth-order valence-corrected chi connectivity index (χ4v) is 4.10. The highest BCUT2D eigenvalue weighted by Gasteiger charge is 2.42. The van der Waals surface area contributed by atoms with Crippen LogP contribution in [0.1, 0.15) is 60.1 Å². The second-order valence-electron chi connectivity index (χ2n) is 10.1. The van der Waals surface area contributed by atoms with Gasteiger partial charge < -0.3 is 20.3 Å². The molecule has 5 atom stereocenters. The molecule has 1 aromatic heterocycles. The van der Waals surface area contributed by atoms with Crippen molar-refractivity contribution in [3.63, 3.8) is 0 Å². The minimum atomic E-state index is -1.24. The Hall–Kier alpha value is -2.36. The van der Waals surface area contributed by atoms with Crippen LogP contribution in [0.4, 0.5) is 0 Å². The number of aromatic nitrogens is 3. The summed E-state index contributed by atoms with van der Waals surface area (Å²) in [5, 5.41) is 33.2. The Balaban J connectivity index is 2.33. The van der Waals surface area contributed by atoms with Crippen LogP contribution < -0.4 is 5.32 Å². The number of aryl methyl sites for hydroxylation is 1. The van der Waals surface area contributed by atoms with Crippen LogP contribution >= 0.6 is 0 Å². The molecule has 1 aromatic rings. The third kappa shape index (κ3) is 7.32. The number of hydrogen-bond acceptors (Lipinski definition) is 8. The van der Waals surface area contributed by atoms with Crippen LogP contribution in [0.3, 0.4) is 0 Å². The Labute approximate surface area is 202 Å². The molecular weight excluding hydrogens is 436 g/mol. The van der Waals surface area contributed by atoms with Gasteiger partial charge in [0.05, 0.1) is 30.2 Å². The Morgan fingerprint density at radius 3 is 2.59 bits per heavy atom. The molecule has 0 saturated carbocycles. The zero-order valence-electron chi connectivity index (χ0n) is 21.4. The quantitative estimate of drug-likeness (QED) is 0.437. The van der Waals surface area contributed by atoms with Crippen LogP contribution in [0.2, 0.25) is 0 Å². The number of carbonyl (C=O) groups is 2. The van der Waals surface area contributed by atoms with Gasteiger partial charge >= 0.3 is 5.97 Å². The number of hydrogen-bond donors (Lipinski definition) is 3. The van der Waals surface area contributed by atoms with Crippen molar-refractivity contribution >= 4 is 17.8 Å². The molecule has 0 fully saturated rings. The molecule has 1 unspecified atom stereocenters. The summed E-state index contributed by atoms with van der Waals surface area (Å²) in [6, 6.07) is 0. The van der Waals surface area contributed by atoms with Gasteiger partial charge in [-0.3, -0.25) is 9.59 Å². The Morgan fingerprint density at radius 2 is 1.97 bits per heavy atom. The number of carbonyl (C=O) groups excluding carboxylic acids is 2. The molecule has 0 aliphatic carbocycles. The first kappa shape index (κ1) is 27.9. The summed E-state index contributed by atoms with van der Waals surface area (Å²) in [6.45, 7) is 11.8. The van der Waals surface area contributed by atoms with E-state index in [1.54, 1.807) is 34.0 Å². The molecule has 9 heteroatoms. The fraction of sp³-hybridized carbons (Fsp3) is 0.680. The molecule has 34 heavy (non-hydrogen) atoms. The molecule has 0 amide bonds. The number of Topliss-reactive ketones (excluding diaryl/α,β-unsaturated/α-hetero) is 1. The number of aliphatic hydroxyl groups is 2. The number of ketones is 1. The number of nitrogens with zero attached hydrogens (tertiary/aromatic N) is 3. The first-order chi connectivity index (χ1) is 15.8. The number of esters is 1. The van der Waals surface area contributed by atoms with Crippen molar-refractivity contribution in [3.8, 4) is 0 Å². The second kappa shape index (κ2) is 11.9. The minimum Gasteiger partial charge on any atom is -0.457 e. The first-order valence-corrected chi connectivity index (χ1v) is 11.8. The van der Waals surface area contributed by atoms with E-state index in [9.17, 15) is 19.8 Å². The summed E-state index contributed by atoms with van der Waals surface area (Å²) < 4.78 is 5.76. The predicted octanol–water partition coefficient (Wildman–Crippen LogP) is 2.05. The zero-order chi connectivity index (χ0) is 25.6. The van der Waals surface area contributed by atoms with Crippen molar-refractivity contribution in [1.29, 1.82) is 0 Å². The summed E-state index contributed by atoms with van der Waals surface area (Å²) in [6.07, 6.45) is 2.92. The van der Waals surface area contributed by atoms with Gasteiger partial charge in [0.2, 0.25) is 0 Å². The Bertz CT molecular complexity index is 920. The molecule has 9 nitrogen and oxygen atoms in total. The fourth-order valence-electron chi connectivity index (χ4n) is 4.10. The zero-order valence-corrected chi connectivity index (χ0v) is 21.4. The van der Waals surface area contributed by atoms with E-state index in [1.807, 2.05) is 32.9 Å². The summed E-state index contributed by atoms with van der Waals surface area (Å²) in [4.78, 5) is 27.4. The van der Waals surface area contributed by atoms with Crippen LogP contribution in [0.25, 0.3) is 6.08 Å². The molecule has 0 saturated heterocycles. The minimum absolute atomic E-state index is 0.164. The highest BCUT2D eigenvalue weighted by molar-refractivity contribution is 5.88. The van der Waals surface area contributed by atoms with Crippen molar-refractivity contribution in [2.45, 2.75) is 72.7 Å². The van der Waals surface area contributed by atoms with E-state index in [1.165, 1.54) is 4.80 Å². The van der Waals surface area contributed by atoms with Crippen LogP contribution in [0, 0.1) is 17.3 Å². The monoisotopic (exact) mass is 476 g/mol. The van der Waals surface area contributed by atoms with E-state index in [-0.39, 0.29) is 18.1 Å². The van der Waals surface area contributed by atoms with Crippen LogP contribution in [-0.2, 0) is 21.4 Å². The molecule has 0 spiro atoms. The average Bonchev–Trinajstić information content (AvgIpc) is 3.18. The van der Waals surface area contributed by atoms with Crippen LogP contribution in [-0.4, -0.2) is 68.4 Å². The summed E-state index contributed by atoms with van der Waals surface area (Å²) >= 11 is 0. The summed E-state index contributed by atoms with van der Waals surface area (Å²) in [7, 11) is 1.73. The molecule has 3 N–H and O–H groups in total. The molecule has 190 valence electrons. The van der Waals surface area contributed by atoms with E-state index < -0.39 is 35.6 Å². The first-order valence-electron chi connectivity index (χ1n) is 11.8. The third-order valence-electron chi connectivity index (χ3n) is 6.66. The Morgan fingerprint density at radius 1 is 1.29 bits per heavy atom. The van der Waals surface area contributed by atoms with Gasteiger partial charge in [-0.25, -0.2) is 0 Å². The molecule has 2 rings (SSSR count). The molecule has 1 aliphatic heterocycles. The Kier molecular flexibility index (Phi) is 9.73. The lowest BCUT2D eigenvalue weighted by atomic mass is 9.73. The number of nitrogens with one attached hydrogen (secondary N) is 1. The van der Waals surface area contributed by atoms with Crippen molar-refractivity contribution in [1.82, 2.24) is 20.3 Å². The number of cyclic esters (lactones) is 1. The van der Waals surface area contributed by atoms with Gasteiger partial charge in [0.25, 0.3) is 0 Å². The molecular formula is C25H40N4O5. The second-order valence-corrected chi connectivity index (χ2v) is 10.1. The number of ether oxygens (including phenoxy) is 1. The van der Waals surface area contributed by atoms with E-state index in [2.05, 4.69) is 15.5 Å². The molecule has 2 heterocycles. The average molecular weight is 477 g/mol. The highest BCUT2D eigenvalue weighted by Crippen LogP contribution is 2.31. The predicted molar refractivity (Wildman–Crippen MR) is 130 cm³/mol. The van der Waals surface area contributed by atoms with Gasteiger partial charge in [0, 0.05) is 32.5 Å². The van der Waals surface area contributed by atoms with E-state index >= 15 is 0 Å². The van der Waals surface area contributed by atoms with Crippen LogP contribution in [0.15, 0.2) is 23.4 Å². The highest BCUT2D eigenvalue weighted by atomic mass is 16.5. The number of aliphatic hydroxyl groups excluding tert-OH is 2. The lowest BCUT2D eigenvalue weighted by molar-refractivity contribution is -0.154. The lowest BCUT2D eigenvalue weighted by Crippen LogP contribution is -2.46. The van der Waals surface area contributed by atoms with Gasteiger partial charge in [0.1, 0.15) is 17.6 Å². The van der Waals surface area contributed by atoms with Gasteiger partial charge in [-0.1, -0.05) is 39.3 Å². The van der Waals surface area contributed by atoms with Crippen LogP contribution in [0.5, 0.6) is 0 Å². The SMILES string of the molecule is C/C1=C/CC(/C(C)=C/c2cnn(C)n2)OC(=O)C[C@H](O)C(C)(C)C(=O)[C@@H](C)[C@@H](O)[C@@H](C)CNC1. The molecule has 1 aliphatic rings. The third-order valence-corrected chi connectivity index (χ3v) is 6.66. The van der Waals surface area contributed by atoms with Crippen molar-refractivity contribution < 1.29 is 24.5 Å². The van der Waals surface area contributed by atoms with Gasteiger partial charge in [-0.05, 0) is 31.4 Å². The smallest absolute Gasteiger partial charge is 0.309 e. The van der Waals surface area contributed by atoms with E-state index in [0.717, 1.165) is 11.1 Å². The molecule has 0 bridgehead atoms. The summed E-state index contributed by atoms with van der Waals surface area (Å²) in [5.41, 5.74) is 1.29. The van der Waals surface area contributed by atoms with Gasteiger partial charge in [-0.2, -0.15) is 15.0 Å².